The summed E-state index contributed by atoms with van der Waals surface area (Å²) in [5.41, 5.74) is 4.92. The highest BCUT2D eigenvalue weighted by molar-refractivity contribution is 5.94. The number of halogens is 1. The number of aliphatic hydroxyl groups is 1. The molecule has 0 bridgehead atoms. The van der Waals surface area contributed by atoms with Crippen LogP contribution in [0.2, 0.25) is 0 Å². The fourth-order valence-electron chi connectivity index (χ4n) is 0.950. The van der Waals surface area contributed by atoms with E-state index in [4.69, 9.17) is 10.8 Å². The van der Waals surface area contributed by atoms with Crippen molar-refractivity contribution in [1.29, 1.82) is 0 Å². The molecule has 1 aromatic rings. The lowest BCUT2D eigenvalue weighted by Crippen LogP contribution is -2.14. The second-order valence-corrected chi connectivity index (χ2v) is 2.29. The van der Waals surface area contributed by atoms with E-state index in [9.17, 15) is 9.18 Å². The summed E-state index contributed by atoms with van der Waals surface area (Å²) >= 11 is 0. The van der Waals surface area contributed by atoms with Gasteiger partial charge in [0, 0.05) is 11.1 Å². The van der Waals surface area contributed by atoms with E-state index in [1.165, 1.54) is 12.1 Å². The van der Waals surface area contributed by atoms with Gasteiger partial charge in [0.2, 0.25) is 5.91 Å². The monoisotopic (exact) mass is 169 g/mol. The summed E-state index contributed by atoms with van der Waals surface area (Å²) in [5, 5.41) is 8.70. The number of carbonyl (C=O) groups excluding carboxylic acids is 1. The predicted octanol–water partition coefficient (Wildman–Crippen LogP) is 0.417. The van der Waals surface area contributed by atoms with E-state index in [0.717, 1.165) is 6.07 Å². The maximum atomic E-state index is 12.8. The van der Waals surface area contributed by atoms with Crippen LogP contribution in [0.4, 0.5) is 4.39 Å². The minimum atomic E-state index is -0.737. The number of aliphatic hydroxyl groups excluding tert-OH is 1. The molecule has 4 heteroatoms. The van der Waals surface area contributed by atoms with E-state index in [1.54, 1.807) is 0 Å². The molecule has 12 heavy (non-hydrogen) atoms. The Hall–Kier alpha value is -1.42. The Morgan fingerprint density at radius 2 is 2.25 bits per heavy atom. The van der Waals surface area contributed by atoms with Gasteiger partial charge in [0.25, 0.3) is 0 Å². The van der Waals surface area contributed by atoms with Crippen molar-refractivity contribution in [2.75, 3.05) is 0 Å². The van der Waals surface area contributed by atoms with Gasteiger partial charge in [0.05, 0.1) is 6.61 Å². The van der Waals surface area contributed by atoms with Gasteiger partial charge >= 0.3 is 0 Å². The Balaban J connectivity index is 3.27. The van der Waals surface area contributed by atoms with Crippen LogP contribution < -0.4 is 5.73 Å². The van der Waals surface area contributed by atoms with Gasteiger partial charge in [0.1, 0.15) is 5.82 Å². The maximum absolute atomic E-state index is 12.8. The normalized spacial score (nSPS) is 9.83. The lowest BCUT2D eigenvalue weighted by Gasteiger charge is -2.03. The molecule has 0 aromatic heterocycles. The molecule has 0 radical (unpaired) electrons. The molecule has 0 saturated carbocycles. The van der Waals surface area contributed by atoms with E-state index >= 15 is 0 Å². The average molecular weight is 169 g/mol. The number of carbonyl (C=O) groups is 1. The molecule has 0 atom stereocenters. The Morgan fingerprint density at radius 3 is 2.67 bits per heavy atom. The first kappa shape index (κ1) is 8.67. The minimum Gasteiger partial charge on any atom is -0.392 e. The smallest absolute Gasteiger partial charge is 0.249 e. The van der Waals surface area contributed by atoms with Crippen LogP contribution in [-0.2, 0) is 6.61 Å². The fourth-order valence-corrected chi connectivity index (χ4v) is 0.950. The van der Waals surface area contributed by atoms with E-state index in [-0.39, 0.29) is 11.1 Å². The van der Waals surface area contributed by atoms with Crippen molar-refractivity contribution in [3.63, 3.8) is 0 Å². The molecule has 0 aliphatic heterocycles. The molecule has 0 aliphatic rings. The Kier molecular flexibility index (Phi) is 2.40. The highest BCUT2D eigenvalue weighted by atomic mass is 19.1. The van der Waals surface area contributed by atoms with E-state index in [2.05, 4.69) is 0 Å². The quantitative estimate of drug-likeness (QED) is 0.673. The molecule has 0 saturated heterocycles. The van der Waals surface area contributed by atoms with Crippen molar-refractivity contribution in [2.24, 2.45) is 5.73 Å². The average Bonchev–Trinajstić information content (AvgIpc) is 2.03. The van der Waals surface area contributed by atoms with E-state index < -0.39 is 18.3 Å². The van der Waals surface area contributed by atoms with Gasteiger partial charge in [-0.05, 0) is 12.1 Å². The first-order valence-electron chi connectivity index (χ1n) is 3.35. The topological polar surface area (TPSA) is 63.3 Å². The molecule has 0 heterocycles. The molecular weight excluding hydrogens is 161 g/mol. The molecule has 0 aliphatic carbocycles. The lowest BCUT2D eigenvalue weighted by atomic mass is 10.1. The molecule has 64 valence electrons. The summed E-state index contributed by atoms with van der Waals surface area (Å²) in [4.78, 5) is 10.7. The summed E-state index contributed by atoms with van der Waals surface area (Å²) < 4.78 is 12.8. The summed E-state index contributed by atoms with van der Waals surface area (Å²) in [6.45, 7) is -0.523. The highest BCUT2D eigenvalue weighted by Crippen LogP contribution is 2.12. The maximum Gasteiger partial charge on any atom is 0.249 e. The van der Waals surface area contributed by atoms with Gasteiger partial charge in [-0.3, -0.25) is 4.79 Å². The van der Waals surface area contributed by atoms with Crippen molar-refractivity contribution in [3.8, 4) is 0 Å². The number of primary amides is 1. The third kappa shape index (κ3) is 1.43. The van der Waals surface area contributed by atoms with Crippen molar-refractivity contribution in [3.05, 3.63) is 35.1 Å². The predicted molar refractivity (Wildman–Crippen MR) is 40.8 cm³/mol. The zero-order chi connectivity index (χ0) is 9.14. The van der Waals surface area contributed by atoms with Gasteiger partial charge < -0.3 is 10.8 Å². The van der Waals surface area contributed by atoms with Crippen LogP contribution in [0.15, 0.2) is 18.2 Å². The number of hydrogen-bond acceptors (Lipinski definition) is 2. The zero-order valence-electron chi connectivity index (χ0n) is 6.25. The lowest BCUT2D eigenvalue weighted by molar-refractivity contribution is 0.0996. The summed E-state index contributed by atoms with van der Waals surface area (Å²) in [5.74, 6) is -1.35. The van der Waals surface area contributed by atoms with Crippen molar-refractivity contribution in [2.45, 2.75) is 6.61 Å². The number of amides is 1. The first-order valence-corrected chi connectivity index (χ1v) is 3.35. The second kappa shape index (κ2) is 3.32. The summed E-state index contributed by atoms with van der Waals surface area (Å²) in [7, 11) is 0. The van der Waals surface area contributed by atoms with Crippen LogP contribution in [0.5, 0.6) is 0 Å². The molecule has 0 spiro atoms. The molecule has 3 N–H and O–H groups in total. The molecule has 0 unspecified atom stereocenters. The van der Waals surface area contributed by atoms with Gasteiger partial charge in [-0.15, -0.1) is 0 Å². The molecule has 1 aromatic carbocycles. The molecule has 1 rings (SSSR count). The molecular formula is C8H8FNO2. The Bertz CT molecular complexity index is 312. The van der Waals surface area contributed by atoms with Crippen molar-refractivity contribution >= 4 is 5.91 Å². The van der Waals surface area contributed by atoms with Crippen LogP contribution in [0.25, 0.3) is 0 Å². The van der Waals surface area contributed by atoms with Crippen LogP contribution in [-0.4, -0.2) is 11.0 Å². The summed E-state index contributed by atoms with van der Waals surface area (Å²) in [6, 6.07) is 3.91. The fraction of sp³-hybridized carbons (Fsp3) is 0.125. The first-order chi connectivity index (χ1) is 5.66. The highest BCUT2D eigenvalue weighted by Gasteiger charge is 2.10. The molecule has 3 nitrogen and oxygen atoms in total. The van der Waals surface area contributed by atoms with Gasteiger partial charge in [-0.1, -0.05) is 6.07 Å². The second-order valence-electron chi connectivity index (χ2n) is 2.29. The molecule has 0 fully saturated rings. The molecule has 1 amide bonds. The number of nitrogens with two attached hydrogens (primary N) is 1. The van der Waals surface area contributed by atoms with E-state index in [0.29, 0.717) is 0 Å². The van der Waals surface area contributed by atoms with Gasteiger partial charge in [0.15, 0.2) is 0 Å². The number of rotatable bonds is 2. The van der Waals surface area contributed by atoms with Gasteiger partial charge in [-0.25, -0.2) is 4.39 Å². The number of benzene rings is 1. The SMILES string of the molecule is NC(=O)c1cccc(F)c1CO. The van der Waals surface area contributed by atoms with Crippen LogP contribution >= 0.6 is 0 Å². The summed E-state index contributed by atoms with van der Waals surface area (Å²) in [6.07, 6.45) is 0. The van der Waals surface area contributed by atoms with Crippen molar-refractivity contribution in [1.82, 2.24) is 0 Å². The van der Waals surface area contributed by atoms with Gasteiger partial charge in [-0.2, -0.15) is 0 Å². The van der Waals surface area contributed by atoms with Crippen LogP contribution in [0.3, 0.4) is 0 Å². The zero-order valence-corrected chi connectivity index (χ0v) is 6.25. The number of hydrogen-bond donors (Lipinski definition) is 2. The third-order valence-electron chi connectivity index (χ3n) is 1.54. The van der Waals surface area contributed by atoms with E-state index in [1.807, 2.05) is 0 Å². The van der Waals surface area contributed by atoms with Crippen molar-refractivity contribution < 1.29 is 14.3 Å². The Morgan fingerprint density at radius 1 is 1.58 bits per heavy atom. The standard InChI is InChI=1S/C8H8FNO2/c9-7-3-1-2-5(8(10)12)6(7)4-11/h1-3,11H,4H2,(H2,10,12). The third-order valence-corrected chi connectivity index (χ3v) is 1.54. The largest absolute Gasteiger partial charge is 0.392 e. The van der Waals surface area contributed by atoms with Crippen LogP contribution in [0.1, 0.15) is 15.9 Å². The minimum absolute atomic E-state index is 0.0255. The van der Waals surface area contributed by atoms with Crippen LogP contribution in [0, 0.1) is 5.82 Å². The Labute approximate surface area is 68.6 Å².